The molecule has 1 rings (SSSR count). The molecule has 3 nitrogen and oxygen atoms in total. The summed E-state index contributed by atoms with van der Waals surface area (Å²) in [4.78, 5) is 11.2. The number of aromatic nitrogens is 2. The van der Waals surface area contributed by atoms with Gasteiger partial charge in [-0.3, -0.25) is 0 Å². The second kappa shape index (κ2) is 4.91. The van der Waals surface area contributed by atoms with E-state index < -0.39 is 0 Å². The molecule has 0 unspecified atom stereocenters. The van der Waals surface area contributed by atoms with Crippen molar-refractivity contribution >= 4 is 0 Å². The topological polar surface area (TPSA) is 29.0 Å². The number of hydrogen-bond acceptors (Lipinski definition) is 3. The lowest BCUT2D eigenvalue weighted by atomic mass is 9.88. The molecule has 1 aromatic rings. The van der Waals surface area contributed by atoms with Crippen LogP contribution in [0.4, 0.5) is 0 Å². The smallest absolute Gasteiger partial charge is 0.142 e. The van der Waals surface area contributed by atoms with E-state index >= 15 is 0 Å². The SMILES string of the molecule is CCc1cnc(CN(C)C)nc1C(C)(C)C. The molecule has 0 spiro atoms. The van der Waals surface area contributed by atoms with E-state index in [9.17, 15) is 0 Å². The maximum atomic E-state index is 4.70. The van der Waals surface area contributed by atoms with Crippen LogP contribution in [-0.4, -0.2) is 29.0 Å². The van der Waals surface area contributed by atoms with Gasteiger partial charge in [0.1, 0.15) is 5.82 Å². The first-order valence-electron chi connectivity index (χ1n) is 5.84. The zero-order chi connectivity index (χ0) is 12.3. The zero-order valence-corrected chi connectivity index (χ0v) is 11.3. The Morgan fingerprint density at radius 3 is 2.31 bits per heavy atom. The molecule has 90 valence electrons. The second-order valence-electron chi connectivity index (χ2n) is 5.50. The fourth-order valence-corrected chi connectivity index (χ4v) is 1.71. The Balaban J connectivity index is 3.12. The summed E-state index contributed by atoms with van der Waals surface area (Å²) < 4.78 is 0. The van der Waals surface area contributed by atoms with Gasteiger partial charge in [-0.15, -0.1) is 0 Å². The maximum Gasteiger partial charge on any atom is 0.142 e. The summed E-state index contributed by atoms with van der Waals surface area (Å²) in [7, 11) is 4.07. The van der Waals surface area contributed by atoms with Crippen LogP contribution in [0.5, 0.6) is 0 Å². The van der Waals surface area contributed by atoms with Gasteiger partial charge in [-0.05, 0) is 26.1 Å². The van der Waals surface area contributed by atoms with Crippen LogP contribution in [0.3, 0.4) is 0 Å². The van der Waals surface area contributed by atoms with E-state index in [1.807, 2.05) is 20.3 Å². The van der Waals surface area contributed by atoms with Crippen LogP contribution in [0.1, 0.15) is 44.8 Å². The van der Waals surface area contributed by atoms with Crippen molar-refractivity contribution in [2.75, 3.05) is 14.1 Å². The molecule has 1 heterocycles. The average Bonchev–Trinajstić information content (AvgIpc) is 2.15. The van der Waals surface area contributed by atoms with Crippen LogP contribution in [0.15, 0.2) is 6.20 Å². The predicted octanol–water partition coefficient (Wildman–Crippen LogP) is 2.40. The monoisotopic (exact) mass is 221 g/mol. The normalized spacial score (nSPS) is 12.2. The van der Waals surface area contributed by atoms with E-state index in [1.165, 1.54) is 11.3 Å². The van der Waals surface area contributed by atoms with Crippen molar-refractivity contribution in [3.63, 3.8) is 0 Å². The molecular weight excluding hydrogens is 198 g/mol. The molecule has 3 heteroatoms. The van der Waals surface area contributed by atoms with Gasteiger partial charge in [-0.1, -0.05) is 27.7 Å². The lowest BCUT2D eigenvalue weighted by molar-refractivity contribution is 0.387. The van der Waals surface area contributed by atoms with Crippen molar-refractivity contribution < 1.29 is 0 Å². The molecule has 0 atom stereocenters. The molecule has 0 N–H and O–H groups in total. The Morgan fingerprint density at radius 1 is 1.25 bits per heavy atom. The molecule has 0 aliphatic carbocycles. The van der Waals surface area contributed by atoms with Crippen molar-refractivity contribution in [3.8, 4) is 0 Å². The molecule has 0 aliphatic rings. The Bertz CT molecular complexity index is 351. The molecular formula is C13H23N3. The van der Waals surface area contributed by atoms with E-state index in [1.54, 1.807) is 0 Å². The Morgan fingerprint density at radius 2 is 1.88 bits per heavy atom. The number of aryl methyl sites for hydroxylation is 1. The lowest BCUT2D eigenvalue weighted by Gasteiger charge is -2.22. The summed E-state index contributed by atoms with van der Waals surface area (Å²) in [5.74, 6) is 0.909. The van der Waals surface area contributed by atoms with Crippen molar-refractivity contribution in [1.29, 1.82) is 0 Å². The van der Waals surface area contributed by atoms with E-state index in [0.29, 0.717) is 0 Å². The summed E-state index contributed by atoms with van der Waals surface area (Å²) in [5.41, 5.74) is 2.53. The van der Waals surface area contributed by atoms with Gasteiger partial charge in [0.2, 0.25) is 0 Å². The number of nitrogens with zero attached hydrogens (tertiary/aromatic N) is 3. The first-order chi connectivity index (χ1) is 7.34. The number of rotatable bonds is 3. The van der Waals surface area contributed by atoms with E-state index in [2.05, 4.69) is 37.6 Å². The fourth-order valence-electron chi connectivity index (χ4n) is 1.71. The first kappa shape index (κ1) is 13.1. The Hall–Kier alpha value is -0.960. The minimum absolute atomic E-state index is 0.0926. The minimum atomic E-state index is 0.0926. The molecule has 0 saturated carbocycles. The fraction of sp³-hybridized carbons (Fsp3) is 0.692. The van der Waals surface area contributed by atoms with Crippen LogP contribution in [0.2, 0.25) is 0 Å². The third-order valence-electron chi connectivity index (χ3n) is 2.46. The molecule has 0 bridgehead atoms. The largest absolute Gasteiger partial charge is 0.302 e. The number of hydrogen-bond donors (Lipinski definition) is 0. The van der Waals surface area contributed by atoms with Gasteiger partial charge in [0, 0.05) is 11.6 Å². The van der Waals surface area contributed by atoms with Gasteiger partial charge < -0.3 is 4.90 Å². The van der Waals surface area contributed by atoms with Crippen molar-refractivity contribution in [1.82, 2.24) is 14.9 Å². The lowest BCUT2D eigenvalue weighted by Crippen LogP contribution is -2.21. The second-order valence-corrected chi connectivity index (χ2v) is 5.50. The molecule has 0 fully saturated rings. The van der Waals surface area contributed by atoms with E-state index in [0.717, 1.165) is 18.8 Å². The Kier molecular flexibility index (Phi) is 4.03. The van der Waals surface area contributed by atoms with Crippen molar-refractivity contribution in [2.45, 2.75) is 46.1 Å². The van der Waals surface area contributed by atoms with Crippen LogP contribution in [0.25, 0.3) is 0 Å². The van der Waals surface area contributed by atoms with Crippen LogP contribution in [-0.2, 0) is 18.4 Å². The molecule has 0 saturated heterocycles. The standard InChI is InChI=1S/C13H23N3/c1-7-10-8-14-11(9-16(5)6)15-12(10)13(2,3)4/h8H,7,9H2,1-6H3. The maximum absolute atomic E-state index is 4.70. The molecule has 0 aromatic carbocycles. The summed E-state index contributed by atoms with van der Waals surface area (Å²) in [6.45, 7) is 9.56. The highest BCUT2D eigenvalue weighted by Crippen LogP contribution is 2.23. The molecule has 16 heavy (non-hydrogen) atoms. The third-order valence-corrected chi connectivity index (χ3v) is 2.46. The molecule has 1 aromatic heterocycles. The van der Waals surface area contributed by atoms with Crippen molar-refractivity contribution in [3.05, 3.63) is 23.3 Å². The first-order valence-corrected chi connectivity index (χ1v) is 5.84. The van der Waals surface area contributed by atoms with Gasteiger partial charge in [-0.25, -0.2) is 9.97 Å². The molecule has 0 aliphatic heterocycles. The van der Waals surface area contributed by atoms with E-state index in [4.69, 9.17) is 4.98 Å². The summed E-state index contributed by atoms with van der Waals surface area (Å²) in [6.07, 6.45) is 2.97. The predicted molar refractivity (Wildman–Crippen MR) is 67.5 cm³/mol. The van der Waals surface area contributed by atoms with Gasteiger partial charge in [0.05, 0.1) is 12.2 Å². The minimum Gasteiger partial charge on any atom is -0.302 e. The Labute approximate surface area is 98.9 Å². The quantitative estimate of drug-likeness (QED) is 0.785. The van der Waals surface area contributed by atoms with Gasteiger partial charge in [0.25, 0.3) is 0 Å². The van der Waals surface area contributed by atoms with Gasteiger partial charge in [-0.2, -0.15) is 0 Å². The van der Waals surface area contributed by atoms with Gasteiger partial charge in [0.15, 0.2) is 0 Å². The van der Waals surface area contributed by atoms with Gasteiger partial charge >= 0.3 is 0 Å². The molecule has 0 amide bonds. The highest BCUT2D eigenvalue weighted by atomic mass is 15.1. The third kappa shape index (κ3) is 3.27. The average molecular weight is 221 g/mol. The highest BCUT2D eigenvalue weighted by Gasteiger charge is 2.20. The highest BCUT2D eigenvalue weighted by molar-refractivity contribution is 5.24. The zero-order valence-electron chi connectivity index (χ0n) is 11.3. The van der Waals surface area contributed by atoms with Crippen LogP contribution in [0, 0.1) is 0 Å². The van der Waals surface area contributed by atoms with Crippen LogP contribution < -0.4 is 0 Å². The van der Waals surface area contributed by atoms with Crippen LogP contribution >= 0.6 is 0 Å². The summed E-state index contributed by atoms with van der Waals surface area (Å²) in [5, 5.41) is 0. The molecule has 0 radical (unpaired) electrons. The van der Waals surface area contributed by atoms with Crippen molar-refractivity contribution in [2.24, 2.45) is 0 Å². The van der Waals surface area contributed by atoms with E-state index in [-0.39, 0.29) is 5.41 Å². The summed E-state index contributed by atoms with van der Waals surface area (Å²) in [6, 6.07) is 0. The summed E-state index contributed by atoms with van der Waals surface area (Å²) >= 11 is 0.